The second-order valence-electron chi connectivity index (χ2n) is 4.78. The van der Waals surface area contributed by atoms with Gasteiger partial charge < -0.3 is 20.8 Å². The summed E-state index contributed by atoms with van der Waals surface area (Å²) >= 11 is 1.57. The summed E-state index contributed by atoms with van der Waals surface area (Å²) in [6.45, 7) is 4.13. The van der Waals surface area contributed by atoms with Crippen molar-refractivity contribution in [2.75, 3.05) is 6.54 Å². The lowest BCUT2D eigenvalue weighted by molar-refractivity contribution is -0.146. The average Bonchev–Trinajstić information content (AvgIpc) is 2.88. The van der Waals surface area contributed by atoms with E-state index in [9.17, 15) is 9.59 Å². The lowest BCUT2D eigenvalue weighted by atomic mass is 10.0. The molecule has 1 unspecified atom stereocenters. The Hall–Kier alpha value is -1.60. The molecule has 0 aromatic carbocycles. The van der Waals surface area contributed by atoms with Gasteiger partial charge in [-0.2, -0.15) is 0 Å². The third-order valence-corrected chi connectivity index (χ3v) is 3.75. The maximum Gasteiger partial charge on any atom is 0.332 e. The van der Waals surface area contributed by atoms with Crippen molar-refractivity contribution < 1.29 is 19.8 Å². The number of aliphatic hydroxyl groups excluding tert-OH is 1. The lowest BCUT2D eigenvalue weighted by Gasteiger charge is -2.21. The Morgan fingerprint density at radius 2 is 2.10 bits per heavy atom. The van der Waals surface area contributed by atoms with Crippen molar-refractivity contribution in [3.05, 3.63) is 22.4 Å². The highest BCUT2D eigenvalue weighted by molar-refractivity contribution is 7.10. The minimum absolute atomic E-state index is 0.0197. The number of aliphatic hydroxyl groups is 1. The molecule has 2 amide bonds. The number of rotatable bonds is 7. The van der Waals surface area contributed by atoms with Crippen LogP contribution < -0.4 is 10.6 Å². The van der Waals surface area contributed by atoms with Gasteiger partial charge in [0.25, 0.3) is 0 Å². The predicted molar refractivity (Wildman–Crippen MR) is 76.7 cm³/mol. The number of thiophene rings is 1. The zero-order chi connectivity index (χ0) is 15.1. The topological polar surface area (TPSA) is 98.7 Å². The van der Waals surface area contributed by atoms with Crippen molar-refractivity contribution in [3.63, 3.8) is 0 Å². The summed E-state index contributed by atoms with van der Waals surface area (Å²) in [7, 11) is 0. The fraction of sp³-hybridized carbons (Fsp3) is 0.538. The summed E-state index contributed by atoms with van der Waals surface area (Å²) in [5.74, 6) is -1.05. The first-order valence-electron chi connectivity index (χ1n) is 6.40. The van der Waals surface area contributed by atoms with Crippen molar-refractivity contribution in [1.82, 2.24) is 10.6 Å². The minimum Gasteiger partial charge on any atom is -0.479 e. The molecule has 1 aromatic rings. The molecule has 1 rings (SSSR count). The molecule has 6 nitrogen and oxygen atoms in total. The highest BCUT2D eigenvalue weighted by atomic mass is 32.1. The maximum atomic E-state index is 11.8. The van der Waals surface area contributed by atoms with Gasteiger partial charge in [0.05, 0.1) is 6.04 Å². The molecule has 1 heterocycles. The molecule has 0 bridgehead atoms. The largest absolute Gasteiger partial charge is 0.479 e. The number of amides is 2. The van der Waals surface area contributed by atoms with E-state index in [-0.39, 0.29) is 31.0 Å². The third kappa shape index (κ3) is 5.18. The van der Waals surface area contributed by atoms with Crippen molar-refractivity contribution in [3.8, 4) is 0 Å². The molecule has 0 aliphatic rings. The molecule has 0 aliphatic carbocycles. The van der Waals surface area contributed by atoms with E-state index in [4.69, 9.17) is 10.2 Å². The number of nitrogens with one attached hydrogen (secondary N) is 2. The first-order valence-corrected chi connectivity index (χ1v) is 7.28. The average molecular weight is 300 g/mol. The molecule has 112 valence electrons. The third-order valence-electron chi connectivity index (χ3n) is 2.79. The van der Waals surface area contributed by atoms with Crippen LogP contribution in [0.4, 0.5) is 4.79 Å². The van der Waals surface area contributed by atoms with E-state index in [2.05, 4.69) is 10.6 Å². The summed E-state index contributed by atoms with van der Waals surface area (Å²) < 4.78 is 0. The molecular weight excluding hydrogens is 280 g/mol. The highest BCUT2D eigenvalue weighted by Gasteiger charge is 2.19. The van der Waals surface area contributed by atoms with Crippen LogP contribution in [0.5, 0.6) is 0 Å². The molecule has 0 aliphatic heterocycles. The SMILES string of the molecule is CC(C)C(NC(=O)NCC[C@H](O)C(=O)O)c1cccs1. The second kappa shape index (κ2) is 7.86. The molecular formula is C13H20N2O4S. The van der Waals surface area contributed by atoms with Crippen LogP contribution in [-0.4, -0.2) is 34.9 Å². The van der Waals surface area contributed by atoms with E-state index in [0.717, 1.165) is 4.88 Å². The quantitative estimate of drug-likeness (QED) is 0.614. The molecule has 2 atom stereocenters. The van der Waals surface area contributed by atoms with E-state index >= 15 is 0 Å². The predicted octanol–water partition coefficient (Wildman–Crippen LogP) is 1.58. The summed E-state index contributed by atoms with van der Waals surface area (Å²) in [6.07, 6.45) is -1.47. The van der Waals surface area contributed by atoms with Crippen LogP contribution >= 0.6 is 11.3 Å². The van der Waals surface area contributed by atoms with E-state index in [1.807, 2.05) is 31.4 Å². The summed E-state index contributed by atoms with van der Waals surface area (Å²) in [5, 5.41) is 25.0. The lowest BCUT2D eigenvalue weighted by Crippen LogP contribution is -2.40. The Balaban J connectivity index is 2.42. The Bertz CT molecular complexity index is 434. The molecule has 0 saturated carbocycles. The van der Waals surface area contributed by atoms with Gasteiger partial charge in [-0.1, -0.05) is 19.9 Å². The van der Waals surface area contributed by atoms with E-state index in [1.165, 1.54) is 0 Å². The number of aliphatic carboxylic acids is 1. The van der Waals surface area contributed by atoms with Crippen molar-refractivity contribution in [2.45, 2.75) is 32.4 Å². The van der Waals surface area contributed by atoms with Crippen LogP contribution in [0.15, 0.2) is 17.5 Å². The first kappa shape index (κ1) is 16.5. The van der Waals surface area contributed by atoms with E-state index in [0.29, 0.717) is 0 Å². The molecule has 0 saturated heterocycles. The molecule has 0 radical (unpaired) electrons. The van der Waals surface area contributed by atoms with Crippen molar-refractivity contribution in [2.24, 2.45) is 5.92 Å². The van der Waals surface area contributed by atoms with Gasteiger partial charge in [-0.05, 0) is 17.4 Å². The summed E-state index contributed by atoms with van der Waals surface area (Å²) in [5.41, 5.74) is 0. The van der Waals surface area contributed by atoms with Gasteiger partial charge >= 0.3 is 12.0 Å². The molecule has 20 heavy (non-hydrogen) atoms. The number of urea groups is 1. The van der Waals surface area contributed by atoms with E-state index in [1.54, 1.807) is 11.3 Å². The van der Waals surface area contributed by atoms with Gasteiger partial charge in [-0.3, -0.25) is 0 Å². The van der Waals surface area contributed by atoms with Crippen LogP contribution in [0.2, 0.25) is 0 Å². The van der Waals surface area contributed by atoms with Gasteiger partial charge in [0.15, 0.2) is 6.10 Å². The minimum atomic E-state index is -1.45. The normalized spacial score (nSPS) is 13.8. The van der Waals surface area contributed by atoms with E-state index < -0.39 is 12.1 Å². The van der Waals surface area contributed by atoms with Gasteiger partial charge in [0.2, 0.25) is 0 Å². The van der Waals surface area contributed by atoms with Gasteiger partial charge in [-0.15, -0.1) is 11.3 Å². The first-order chi connectivity index (χ1) is 9.41. The van der Waals surface area contributed by atoms with Crippen LogP contribution in [0.25, 0.3) is 0 Å². The maximum absolute atomic E-state index is 11.8. The molecule has 0 fully saturated rings. The Morgan fingerprint density at radius 3 is 2.60 bits per heavy atom. The molecule has 7 heteroatoms. The Labute approximate surface area is 121 Å². The van der Waals surface area contributed by atoms with Crippen LogP contribution in [0.1, 0.15) is 31.2 Å². The Kier molecular flexibility index (Phi) is 6.47. The molecule has 4 N–H and O–H groups in total. The van der Waals surface area contributed by atoms with Crippen LogP contribution in [0.3, 0.4) is 0 Å². The highest BCUT2D eigenvalue weighted by Crippen LogP contribution is 2.25. The van der Waals surface area contributed by atoms with Gasteiger partial charge in [0, 0.05) is 17.8 Å². The van der Waals surface area contributed by atoms with Gasteiger partial charge in [-0.25, -0.2) is 9.59 Å². The zero-order valence-corrected chi connectivity index (χ0v) is 12.3. The van der Waals surface area contributed by atoms with Crippen molar-refractivity contribution >= 4 is 23.3 Å². The zero-order valence-electron chi connectivity index (χ0n) is 11.5. The number of hydrogen-bond acceptors (Lipinski definition) is 4. The fourth-order valence-corrected chi connectivity index (χ4v) is 2.62. The Morgan fingerprint density at radius 1 is 1.40 bits per heavy atom. The monoisotopic (exact) mass is 300 g/mol. The molecule has 1 aromatic heterocycles. The number of carbonyl (C=O) groups is 2. The standard InChI is InChI=1S/C13H20N2O4S/c1-8(2)11(10-4-3-7-20-10)15-13(19)14-6-5-9(16)12(17)18/h3-4,7-9,11,16H,5-6H2,1-2H3,(H,17,18)(H2,14,15,19)/t9-,11?/m0/s1. The smallest absolute Gasteiger partial charge is 0.332 e. The molecule has 0 spiro atoms. The number of carboxylic acids is 1. The summed E-state index contributed by atoms with van der Waals surface area (Å²) in [6, 6.07) is 3.44. The fourth-order valence-electron chi connectivity index (χ4n) is 1.67. The van der Waals surface area contributed by atoms with Crippen LogP contribution in [0, 0.1) is 5.92 Å². The summed E-state index contributed by atoms with van der Waals surface area (Å²) in [4.78, 5) is 23.2. The van der Waals surface area contributed by atoms with Crippen LogP contribution in [-0.2, 0) is 4.79 Å². The van der Waals surface area contributed by atoms with Crippen molar-refractivity contribution in [1.29, 1.82) is 0 Å². The van der Waals surface area contributed by atoms with Gasteiger partial charge in [0.1, 0.15) is 0 Å². The number of carbonyl (C=O) groups excluding carboxylic acids is 1. The number of carboxylic acid groups (broad SMARTS) is 1. The second-order valence-corrected chi connectivity index (χ2v) is 5.76. The number of hydrogen-bond donors (Lipinski definition) is 4.